The fourth-order valence-corrected chi connectivity index (χ4v) is 5.39. The van der Waals surface area contributed by atoms with E-state index >= 15 is 0 Å². The monoisotopic (exact) mass is 421 g/mol. The van der Waals surface area contributed by atoms with Crippen molar-refractivity contribution in [3.63, 3.8) is 0 Å². The van der Waals surface area contributed by atoms with Crippen molar-refractivity contribution in [1.82, 2.24) is 24.6 Å². The number of hydrogen-bond acceptors (Lipinski definition) is 4. The molecule has 3 aromatic rings. The predicted molar refractivity (Wildman–Crippen MR) is 119 cm³/mol. The van der Waals surface area contributed by atoms with E-state index in [4.69, 9.17) is 4.74 Å². The van der Waals surface area contributed by atoms with Crippen LogP contribution in [0.15, 0.2) is 18.2 Å². The predicted octanol–water partition coefficient (Wildman–Crippen LogP) is 4.32. The van der Waals surface area contributed by atoms with Gasteiger partial charge in [-0.3, -0.25) is 4.79 Å². The van der Waals surface area contributed by atoms with E-state index in [1.807, 2.05) is 12.1 Å². The van der Waals surface area contributed by atoms with Gasteiger partial charge >= 0.3 is 0 Å². The zero-order valence-corrected chi connectivity index (χ0v) is 18.5. The largest absolute Gasteiger partial charge is 0.497 e. The number of methoxy groups -OCH3 is 1. The first-order chi connectivity index (χ1) is 15.2. The number of carbonyl (C=O) groups excluding carboxylic acids is 1. The van der Waals surface area contributed by atoms with Crippen molar-refractivity contribution in [3.8, 4) is 5.75 Å². The highest BCUT2D eigenvalue weighted by molar-refractivity contribution is 6.08. The molecule has 2 aromatic heterocycles. The summed E-state index contributed by atoms with van der Waals surface area (Å²) in [6.07, 6.45) is 9.41. The fraction of sp³-hybridized carbons (Fsp3) is 0.542. The highest BCUT2D eigenvalue weighted by Crippen LogP contribution is 2.37. The summed E-state index contributed by atoms with van der Waals surface area (Å²) in [5, 5.41) is 12.7. The Labute approximate surface area is 182 Å². The van der Waals surface area contributed by atoms with Gasteiger partial charge < -0.3 is 19.2 Å². The van der Waals surface area contributed by atoms with Gasteiger partial charge in [0.05, 0.1) is 19.2 Å². The molecule has 1 N–H and O–H groups in total. The van der Waals surface area contributed by atoms with Gasteiger partial charge in [0.2, 0.25) is 0 Å². The summed E-state index contributed by atoms with van der Waals surface area (Å²) in [5.41, 5.74) is 2.91. The van der Waals surface area contributed by atoms with Gasteiger partial charge in [0.1, 0.15) is 11.6 Å². The van der Waals surface area contributed by atoms with Crippen molar-refractivity contribution >= 4 is 16.8 Å². The Hall–Kier alpha value is -2.83. The Balaban J connectivity index is 1.48. The van der Waals surface area contributed by atoms with Gasteiger partial charge in [0.25, 0.3) is 5.91 Å². The van der Waals surface area contributed by atoms with Crippen LogP contribution in [0.25, 0.3) is 10.9 Å². The van der Waals surface area contributed by atoms with Crippen molar-refractivity contribution in [2.45, 2.75) is 77.4 Å². The number of ether oxygens (including phenoxy) is 1. The van der Waals surface area contributed by atoms with Gasteiger partial charge in [-0.2, -0.15) is 0 Å². The summed E-state index contributed by atoms with van der Waals surface area (Å²) < 4.78 is 10.0. The van der Waals surface area contributed by atoms with Gasteiger partial charge in [-0.1, -0.05) is 19.3 Å². The topological polar surface area (TPSA) is 74.0 Å². The van der Waals surface area contributed by atoms with Crippen LogP contribution in [0.2, 0.25) is 0 Å². The van der Waals surface area contributed by atoms with Crippen molar-refractivity contribution < 1.29 is 9.53 Å². The minimum Gasteiger partial charge on any atom is -0.497 e. The third-order valence-corrected chi connectivity index (χ3v) is 6.97. The van der Waals surface area contributed by atoms with Crippen LogP contribution in [0.1, 0.15) is 78.7 Å². The maximum atomic E-state index is 13.4. The molecule has 31 heavy (non-hydrogen) atoms. The van der Waals surface area contributed by atoms with Crippen LogP contribution in [0.5, 0.6) is 5.75 Å². The van der Waals surface area contributed by atoms with Crippen LogP contribution in [0.3, 0.4) is 0 Å². The third-order valence-electron chi connectivity index (χ3n) is 6.97. The van der Waals surface area contributed by atoms with Crippen LogP contribution >= 0.6 is 0 Å². The average Bonchev–Trinajstić information content (AvgIpc) is 3.35. The molecule has 1 aliphatic heterocycles. The number of benzene rings is 1. The lowest BCUT2D eigenvalue weighted by atomic mass is 9.95. The quantitative estimate of drug-likeness (QED) is 0.666. The molecule has 0 unspecified atom stereocenters. The Morgan fingerprint density at radius 1 is 1.16 bits per heavy atom. The summed E-state index contributed by atoms with van der Waals surface area (Å²) >= 11 is 0. The van der Waals surface area contributed by atoms with Crippen LogP contribution < -0.4 is 10.1 Å². The second-order valence-electron chi connectivity index (χ2n) is 8.83. The molecule has 164 valence electrons. The zero-order chi connectivity index (χ0) is 21.4. The zero-order valence-electron chi connectivity index (χ0n) is 18.5. The summed E-state index contributed by atoms with van der Waals surface area (Å²) in [6.45, 7) is 3.41. The Morgan fingerprint density at radius 2 is 2.00 bits per heavy atom. The minimum atomic E-state index is -0.0570. The number of fused-ring (bicyclic) bond motifs is 2. The third kappa shape index (κ3) is 3.60. The van der Waals surface area contributed by atoms with Gasteiger partial charge in [0, 0.05) is 35.6 Å². The van der Waals surface area contributed by atoms with Crippen LogP contribution in [-0.2, 0) is 19.5 Å². The van der Waals surface area contributed by atoms with Crippen molar-refractivity contribution in [2.75, 3.05) is 7.11 Å². The molecule has 2 aliphatic rings. The van der Waals surface area contributed by atoms with Gasteiger partial charge in [-0.15, -0.1) is 10.2 Å². The SMILES string of the molecule is COc1ccc2c(c1)c(C(=O)NCc1nnc3n1CCCC3)c(C)n2C1CCCCC1. The van der Waals surface area contributed by atoms with Crippen molar-refractivity contribution in [1.29, 1.82) is 0 Å². The lowest BCUT2D eigenvalue weighted by Crippen LogP contribution is -2.26. The molecule has 3 heterocycles. The maximum absolute atomic E-state index is 13.4. The first-order valence-corrected chi connectivity index (χ1v) is 11.5. The standard InChI is InChI=1S/C24H31N5O2/c1-16-23(24(30)25-15-22-27-26-21-10-6-7-13-28(21)22)19-14-18(31-2)11-12-20(19)29(16)17-8-4-3-5-9-17/h11-12,14,17H,3-10,13,15H2,1-2H3,(H,25,30). The normalized spacial score (nSPS) is 17.0. The molecule has 1 aromatic carbocycles. The molecule has 0 bridgehead atoms. The van der Waals surface area contributed by atoms with E-state index in [1.54, 1.807) is 7.11 Å². The van der Waals surface area contributed by atoms with Gasteiger partial charge in [-0.25, -0.2) is 0 Å². The van der Waals surface area contributed by atoms with Crippen LogP contribution in [0.4, 0.5) is 0 Å². The summed E-state index contributed by atoms with van der Waals surface area (Å²) in [6, 6.07) is 6.54. The van der Waals surface area contributed by atoms with Gasteiger partial charge in [0.15, 0.2) is 5.82 Å². The molecule has 1 aliphatic carbocycles. The van der Waals surface area contributed by atoms with E-state index in [0.717, 1.165) is 65.4 Å². The first kappa shape index (κ1) is 20.1. The maximum Gasteiger partial charge on any atom is 0.254 e. The number of amides is 1. The first-order valence-electron chi connectivity index (χ1n) is 11.5. The second-order valence-corrected chi connectivity index (χ2v) is 8.83. The molecule has 0 spiro atoms. The van der Waals surface area contributed by atoms with E-state index in [-0.39, 0.29) is 5.91 Å². The molecule has 0 saturated heterocycles. The number of rotatable bonds is 5. The van der Waals surface area contributed by atoms with E-state index in [2.05, 4.69) is 37.6 Å². The molecule has 1 amide bonds. The molecule has 0 radical (unpaired) electrons. The summed E-state index contributed by atoms with van der Waals surface area (Å²) in [7, 11) is 1.67. The van der Waals surface area contributed by atoms with E-state index in [1.165, 1.54) is 32.1 Å². The minimum absolute atomic E-state index is 0.0570. The number of carbonyl (C=O) groups is 1. The average molecular weight is 422 g/mol. The molecule has 1 fully saturated rings. The van der Waals surface area contributed by atoms with Crippen molar-refractivity contribution in [3.05, 3.63) is 41.1 Å². The number of hydrogen-bond donors (Lipinski definition) is 1. The van der Waals surface area contributed by atoms with Crippen LogP contribution in [-0.4, -0.2) is 32.3 Å². The van der Waals surface area contributed by atoms with Crippen molar-refractivity contribution in [2.24, 2.45) is 0 Å². The second kappa shape index (κ2) is 8.36. The molecular weight excluding hydrogens is 390 g/mol. The lowest BCUT2D eigenvalue weighted by Gasteiger charge is -2.26. The number of aromatic nitrogens is 4. The number of aryl methyl sites for hydroxylation is 1. The fourth-order valence-electron chi connectivity index (χ4n) is 5.39. The van der Waals surface area contributed by atoms with Gasteiger partial charge in [-0.05, 0) is 50.8 Å². The Bertz CT molecular complexity index is 1110. The highest BCUT2D eigenvalue weighted by Gasteiger charge is 2.26. The molecular formula is C24H31N5O2. The molecule has 7 nitrogen and oxygen atoms in total. The highest BCUT2D eigenvalue weighted by atomic mass is 16.5. The van der Waals surface area contributed by atoms with E-state index < -0.39 is 0 Å². The molecule has 7 heteroatoms. The Kier molecular flexibility index (Phi) is 5.42. The summed E-state index contributed by atoms with van der Waals surface area (Å²) in [5.74, 6) is 2.59. The summed E-state index contributed by atoms with van der Waals surface area (Å²) in [4.78, 5) is 13.4. The molecule has 1 saturated carbocycles. The van der Waals surface area contributed by atoms with E-state index in [9.17, 15) is 4.79 Å². The Morgan fingerprint density at radius 3 is 2.81 bits per heavy atom. The number of nitrogens with zero attached hydrogens (tertiary/aromatic N) is 4. The molecule has 0 atom stereocenters. The lowest BCUT2D eigenvalue weighted by molar-refractivity contribution is 0.0950. The van der Waals surface area contributed by atoms with Crippen LogP contribution in [0, 0.1) is 6.92 Å². The number of nitrogens with one attached hydrogen (secondary N) is 1. The van der Waals surface area contributed by atoms with E-state index in [0.29, 0.717) is 12.6 Å². The molecule has 5 rings (SSSR count). The smallest absolute Gasteiger partial charge is 0.254 e.